The smallest absolute Gasteiger partial charge is 0.235 e. The van der Waals surface area contributed by atoms with Gasteiger partial charge in [-0.2, -0.15) is 0 Å². The highest BCUT2D eigenvalue weighted by atomic mass is 16.3. The third kappa shape index (κ3) is 2.61. The van der Waals surface area contributed by atoms with E-state index < -0.39 is 70.5 Å². The van der Waals surface area contributed by atoms with Crippen LogP contribution in [0.1, 0.15) is 46.0 Å². The number of nitrogen functional groups attached to an aromatic ring is 1. The predicted molar refractivity (Wildman–Crippen MR) is 103 cm³/mol. The van der Waals surface area contributed by atoms with Gasteiger partial charge in [0.05, 0.1) is 17.2 Å². The third-order valence-electron chi connectivity index (χ3n) is 6.81. The van der Waals surface area contributed by atoms with Crippen LogP contribution in [-0.4, -0.2) is 50.6 Å². The van der Waals surface area contributed by atoms with E-state index in [9.17, 15) is 39.0 Å². The molecule has 162 valence electrons. The van der Waals surface area contributed by atoms with Crippen molar-refractivity contribution in [3.05, 3.63) is 22.8 Å². The summed E-state index contributed by atoms with van der Waals surface area (Å²) in [5.74, 6) is -11.6. The van der Waals surface area contributed by atoms with Crippen molar-refractivity contribution in [3.8, 4) is 5.75 Å². The van der Waals surface area contributed by atoms with Crippen molar-refractivity contribution in [1.82, 2.24) is 0 Å². The van der Waals surface area contributed by atoms with Crippen LogP contribution in [0.3, 0.4) is 0 Å². The number of aromatic hydroxyl groups is 1. The lowest BCUT2D eigenvalue weighted by molar-refractivity contribution is -0.175. The monoisotopic (exact) mass is 428 g/mol. The molecule has 1 aromatic carbocycles. The number of hydrogen-bond donors (Lipinski definition) is 4. The zero-order valence-corrected chi connectivity index (χ0v) is 16.5. The number of benzene rings is 1. The highest BCUT2D eigenvalue weighted by Crippen LogP contribution is 2.50. The molecule has 0 saturated heterocycles. The minimum atomic E-state index is -2.71. The molecular formula is C21H20N2O8. The van der Waals surface area contributed by atoms with E-state index in [-0.39, 0.29) is 41.0 Å². The van der Waals surface area contributed by atoms with Crippen molar-refractivity contribution in [1.29, 1.82) is 0 Å². The molecule has 0 aliphatic heterocycles. The molecule has 6 N–H and O–H groups in total. The van der Waals surface area contributed by atoms with Crippen LogP contribution in [0, 0.1) is 23.7 Å². The highest BCUT2D eigenvalue weighted by Gasteiger charge is 2.66. The molecule has 2 unspecified atom stereocenters. The Morgan fingerprint density at radius 2 is 1.77 bits per heavy atom. The summed E-state index contributed by atoms with van der Waals surface area (Å²) in [7, 11) is 0. The molecule has 1 amide bonds. The molecule has 0 radical (unpaired) electrons. The lowest BCUT2D eigenvalue weighted by Gasteiger charge is -2.48. The van der Waals surface area contributed by atoms with E-state index >= 15 is 0 Å². The molecule has 10 heteroatoms. The van der Waals surface area contributed by atoms with Gasteiger partial charge in [0.1, 0.15) is 5.75 Å². The number of carbonyl (C=O) groups excluding carboxylic acids is 6. The van der Waals surface area contributed by atoms with E-state index in [1.807, 2.05) is 0 Å². The van der Waals surface area contributed by atoms with E-state index in [4.69, 9.17) is 11.5 Å². The number of nitrogens with two attached hydrogens (primary N) is 2. The van der Waals surface area contributed by atoms with Crippen molar-refractivity contribution in [2.45, 2.75) is 31.8 Å². The number of fused-ring (bicyclic) bond motifs is 3. The van der Waals surface area contributed by atoms with Crippen LogP contribution >= 0.6 is 0 Å². The van der Waals surface area contributed by atoms with Gasteiger partial charge in [0, 0.05) is 17.9 Å². The molecule has 10 nitrogen and oxygen atoms in total. The average Bonchev–Trinajstić information content (AvgIpc) is 2.66. The fraction of sp³-hybridized carbons (Fsp3) is 0.429. The van der Waals surface area contributed by atoms with E-state index in [2.05, 4.69) is 0 Å². The van der Waals surface area contributed by atoms with Crippen LogP contribution < -0.4 is 11.5 Å². The van der Waals surface area contributed by atoms with Gasteiger partial charge in [-0.3, -0.25) is 28.8 Å². The number of phenols is 1. The summed E-state index contributed by atoms with van der Waals surface area (Å²) in [5, 5.41) is 21.5. The number of rotatable bonds is 2. The van der Waals surface area contributed by atoms with E-state index in [0.29, 0.717) is 0 Å². The van der Waals surface area contributed by atoms with Crippen LogP contribution in [-0.2, 0) is 25.6 Å². The van der Waals surface area contributed by atoms with Crippen molar-refractivity contribution in [2.75, 3.05) is 5.73 Å². The summed E-state index contributed by atoms with van der Waals surface area (Å²) < 4.78 is 0. The zero-order valence-electron chi connectivity index (χ0n) is 16.5. The topological polar surface area (TPSA) is 195 Å². The van der Waals surface area contributed by atoms with Crippen molar-refractivity contribution in [3.63, 3.8) is 0 Å². The first-order chi connectivity index (χ1) is 14.4. The molecule has 5 atom stereocenters. The Hall–Kier alpha value is -3.40. The number of phenolic OH excluding ortho intramolecular Hbond substituents is 1. The summed E-state index contributed by atoms with van der Waals surface area (Å²) >= 11 is 0. The second-order valence-corrected chi connectivity index (χ2v) is 8.51. The number of ketones is 5. The maximum absolute atomic E-state index is 13.3. The van der Waals surface area contributed by atoms with Gasteiger partial charge in [0.25, 0.3) is 0 Å². The Bertz CT molecular complexity index is 1120. The number of Topliss-reactive ketones (excluding diaryl/α,β-unsaturated/α-hetero) is 5. The minimum Gasteiger partial charge on any atom is -0.505 e. The summed E-state index contributed by atoms with van der Waals surface area (Å²) in [6, 6.07) is 1.26. The maximum atomic E-state index is 13.3. The van der Waals surface area contributed by atoms with Gasteiger partial charge in [-0.1, -0.05) is 0 Å². The van der Waals surface area contributed by atoms with E-state index in [0.717, 1.165) is 0 Å². The summed E-state index contributed by atoms with van der Waals surface area (Å²) in [5.41, 5.74) is 8.03. The standard InChI is InChI=1S/C21H20N2O8/c1-6(24)9-5-11(22)16(26)14-10(9)3-7-2-8-4-12(25)15(20(23)30)19(29)21(8,31)18(28)13(7)17(14)27/h5,7-8,13,15,26,31H,2-4,22H2,1H3,(H2,23,30)/t7-,8+,13?,15?,21+/m1/s1. The second-order valence-electron chi connectivity index (χ2n) is 8.51. The SMILES string of the molecule is CC(=O)c1cc(N)c(O)c2c1C[C@H]1C[C@H]3CC(=O)C(C(N)=O)C(=O)[C@@]3(O)C(=O)C1C2=O. The van der Waals surface area contributed by atoms with Gasteiger partial charge in [-0.05, 0) is 37.3 Å². The number of hydrogen-bond acceptors (Lipinski definition) is 9. The number of anilines is 1. The first kappa shape index (κ1) is 20.9. The van der Waals surface area contributed by atoms with Crippen molar-refractivity contribution < 1.29 is 39.0 Å². The molecule has 31 heavy (non-hydrogen) atoms. The Morgan fingerprint density at radius 1 is 1.13 bits per heavy atom. The van der Waals surface area contributed by atoms with Gasteiger partial charge in [0.2, 0.25) is 5.91 Å². The molecule has 2 fully saturated rings. The highest BCUT2D eigenvalue weighted by molar-refractivity contribution is 6.31. The first-order valence-electron chi connectivity index (χ1n) is 9.73. The molecule has 4 rings (SSSR count). The largest absolute Gasteiger partial charge is 0.505 e. The van der Waals surface area contributed by atoms with Crippen LogP contribution in [0.2, 0.25) is 0 Å². The van der Waals surface area contributed by atoms with Crippen LogP contribution in [0.5, 0.6) is 5.75 Å². The number of primary amides is 1. The van der Waals surface area contributed by atoms with Gasteiger partial charge in [-0.25, -0.2) is 0 Å². The molecular weight excluding hydrogens is 408 g/mol. The molecule has 0 bridgehead atoms. The number of carbonyl (C=O) groups is 6. The molecule has 0 heterocycles. The summed E-state index contributed by atoms with van der Waals surface area (Å²) in [4.78, 5) is 75.4. The van der Waals surface area contributed by atoms with Crippen LogP contribution in [0.15, 0.2) is 6.07 Å². The Balaban J connectivity index is 1.86. The molecule has 2 saturated carbocycles. The quantitative estimate of drug-likeness (QED) is 0.200. The lowest BCUT2D eigenvalue weighted by Crippen LogP contribution is -2.68. The van der Waals surface area contributed by atoms with Gasteiger partial charge in [0.15, 0.2) is 40.4 Å². The van der Waals surface area contributed by atoms with E-state index in [1.165, 1.54) is 13.0 Å². The fourth-order valence-corrected chi connectivity index (χ4v) is 5.37. The van der Waals surface area contributed by atoms with E-state index in [1.54, 1.807) is 0 Å². The van der Waals surface area contributed by atoms with Crippen LogP contribution in [0.25, 0.3) is 0 Å². The first-order valence-corrected chi connectivity index (χ1v) is 9.73. The maximum Gasteiger partial charge on any atom is 0.235 e. The molecule has 3 aliphatic carbocycles. The van der Waals surface area contributed by atoms with Crippen molar-refractivity contribution in [2.24, 2.45) is 29.4 Å². The minimum absolute atomic E-state index is 0.0362. The Labute approximate surface area is 175 Å². The van der Waals surface area contributed by atoms with Crippen molar-refractivity contribution >= 4 is 40.5 Å². The zero-order chi connectivity index (χ0) is 23.0. The average molecular weight is 428 g/mol. The second kappa shape index (κ2) is 6.55. The van der Waals surface area contributed by atoms with Gasteiger partial charge >= 0.3 is 0 Å². The summed E-state index contributed by atoms with van der Waals surface area (Å²) in [6.45, 7) is 1.27. The number of amides is 1. The Morgan fingerprint density at radius 3 is 2.35 bits per heavy atom. The van der Waals surface area contributed by atoms with Gasteiger partial charge < -0.3 is 21.7 Å². The Kier molecular flexibility index (Phi) is 4.40. The molecule has 0 spiro atoms. The summed E-state index contributed by atoms with van der Waals surface area (Å²) in [6.07, 6.45) is -0.420. The lowest BCUT2D eigenvalue weighted by atomic mass is 9.53. The number of aliphatic hydroxyl groups is 1. The van der Waals surface area contributed by atoms with Crippen LogP contribution in [0.4, 0.5) is 5.69 Å². The molecule has 3 aliphatic rings. The van der Waals surface area contributed by atoms with Gasteiger partial charge in [-0.15, -0.1) is 0 Å². The third-order valence-corrected chi connectivity index (χ3v) is 6.81. The molecule has 1 aromatic rings. The predicted octanol–water partition coefficient (Wildman–Crippen LogP) is -0.888. The molecule has 0 aromatic heterocycles. The normalized spacial score (nSPS) is 32.2. The fourth-order valence-electron chi connectivity index (χ4n) is 5.37.